The van der Waals surface area contributed by atoms with E-state index in [2.05, 4.69) is 18.6 Å². The van der Waals surface area contributed by atoms with Crippen LogP contribution in [0.25, 0.3) is 0 Å². The number of carbonyl (C=O) groups excluding carboxylic acids is 1. The average molecular weight is 232 g/mol. The average Bonchev–Trinajstić information content (AvgIpc) is 2.29. The van der Waals surface area contributed by atoms with Crippen molar-refractivity contribution < 1.29 is 15.7 Å². The van der Waals surface area contributed by atoms with Crippen molar-refractivity contribution in [3.63, 3.8) is 0 Å². The molecule has 0 aromatic carbocycles. The summed E-state index contributed by atoms with van der Waals surface area (Å²) in [7, 11) is 0. The van der Waals surface area contributed by atoms with Crippen LogP contribution in [0.1, 0.15) is 71.1 Å². The SMILES string of the molecule is CCCCCCCCCCCC(=O)[O-].N[NH3+]. The van der Waals surface area contributed by atoms with Crippen LogP contribution in [-0.2, 0) is 4.79 Å². The molecule has 4 heteroatoms. The smallest absolute Gasteiger partial charge is 0.0414 e. The van der Waals surface area contributed by atoms with Crippen LogP contribution >= 0.6 is 0 Å². The lowest BCUT2D eigenvalue weighted by Crippen LogP contribution is -2.59. The van der Waals surface area contributed by atoms with Crippen LogP contribution in [0.3, 0.4) is 0 Å². The van der Waals surface area contributed by atoms with Gasteiger partial charge in [-0.25, -0.2) is 0 Å². The minimum Gasteiger partial charge on any atom is -0.550 e. The van der Waals surface area contributed by atoms with Gasteiger partial charge in [0.05, 0.1) is 0 Å². The maximum absolute atomic E-state index is 10.1. The molecule has 0 atom stereocenters. The molecule has 0 aromatic rings. The number of rotatable bonds is 10. The van der Waals surface area contributed by atoms with Gasteiger partial charge in [0, 0.05) is 5.97 Å². The lowest BCUT2D eigenvalue weighted by Gasteiger charge is -2.02. The molecule has 0 aliphatic rings. The number of quaternary nitrogens is 1. The van der Waals surface area contributed by atoms with Crippen molar-refractivity contribution in [2.24, 2.45) is 5.84 Å². The number of nitrogens with two attached hydrogens (primary N) is 1. The van der Waals surface area contributed by atoms with Crippen LogP contribution < -0.4 is 16.8 Å². The molecule has 0 saturated heterocycles. The predicted molar refractivity (Wildman–Crippen MR) is 63.9 cm³/mol. The van der Waals surface area contributed by atoms with Gasteiger partial charge in [-0.15, -0.1) is 0 Å². The lowest BCUT2D eigenvalue weighted by molar-refractivity contribution is -0.379. The molecule has 0 unspecified atom stereocenters. The highest BCUT2D eigenvalue weighted by Gasteiger charge is 1.92. The van der Waals surface area contributed by atoms with Crippen LogP contribution in [0.15, 0.2) is 0 Å². The third kappa shape index (κ3) is 19.0. The normalized spacial score (nSPS) is 9.44. The summed E-state index contributed by atoms with van der Waals surface area (Å²) in [5.41, 5.74) is 0. The van der Waals surface area contributed by atoms with Crippen molar-refractivity contribution in [3.8, 4) is 0 Å². The summed E-state index contributed by atoms with van der Waals surface area (Å²) in [5, 5.41) is 10.1. The standard InChI is InChI=1S/C12H24O2.H4N2/c1-2-3-4-5-6-7-8-9-10-11-12(13)14;1-2/h2-11H2,1H3,(H,13,14);1-2H2. The Morgan fingerprint density at radius 1 is 0.938 bits per heavy atom. The van der Waals surface area contributed by atoms with E-state index in [0.717, 1.165) is 12.8 Å². The number of hydrogen-bond acceptors (Lipinski definition) is 3. The van der Waals surface area contributed by atoms with Gasteiger partial charge in [0.25, 0.3) is 0 Å². The molecule has 0 fully saturated rings. The Labute approximate surface area is 99.4 Å². The molecular weight excluding hydrogens is 204 g/mol. The van der Waals surface area contributed by atoms with Crippen molar-refractivity contribution in [2.75, 3.05) is 0 Å². The van der Waals surface area contributed by atoms with E-state index in [-0.39, 0.29) is 6.42 Å². The number of carboxylic acids is 1. The largest absolute Gasteiger partial charge is 0.550 e. The van der Waals surface area contributed by atoms with E-state index >= 15 is 0 Å². The van der Waals surface area contributed by atoms with E-state index in [1.807, 2.05) is 0 Å². The summed E-state index contributed by atoms with van der Waals surface area (Å²) < 4.78 is 0. The maximum atomic E-state index is 10.1. The van der Waals surface area contributed by atoms with E-state index in [0.29, 0.717) is 0 Å². The van der Waals surface area contributed by atoms with Gasteiger partial charge in [-0.05, 0) is 12.8 Å². The minimum absolute atomic E-state index is 0.232. The fourth-order valence-electron chi connectivity index (χ4n) is 1.58. The Bertz CT molecular complexity index is 141. The second kappa shape index (κ2) is 16.8. The first kappa shape index (κ1) is 17.8. The highest BCUT2D eigenvalue weighted by atomic mass is 16.4. The number of carboxylic acid groups (broad SMARTS) is 1. The van der Waals surface area contributed by atoms with E-state index in [4.69, 9.17) is 0 Å². The quantitative estimate of drug-likeness (QED) is 0.331. The van der Waals surface area contributed by atoms with Gasteiger partial charge in [-0.2, -0.15) is 5.84 Å². The Morgan fingerprint density at radius 2 is 1.31 bits per heavy atom. The molecule has 5 N–H and O–H groups in total. The molecule has 0 aromatic heterocycles. The molecule has 16 heavy (non-hydrogen) atoms. The zero-order chi connectivity index (χ0) is 12.6. The van der Waals surface area contributed by atoms with Crippen LogP contribution in [0.2, 0.25) is 0 Å². The van der Waals surface area contributed by atoms with Gasteiger partial charge in [0.15, 0.2) is 0 Å². The first-order chi connectivity index (χ1) is 7.77. The van der Waals surface area contributed by atoms with Crippen LogP contribution in [-0.4, -0.2) is 5.97 Å². The molecule has 0 rings (SSSR count). The van der Waals surface area contributed by atoms with Crippen LogP contribution in [0.5, 0.6) is 0 Å². The molecule has 98 valence electrons. The third-order valence-corrected chi connectivity index (χ3v) is 2.48. The van der Waals surface area contributed by atoms with Crippen molar-refractivity contribution in [1.82, 2.24) is 0 Å². The van der Waals surface area contributed by atoms with Crippen molar-refractivity contribution in [2.45, 2.75) is 71.1 Å². The summed E-state index contributed by atoms with van der Waals surface area (Å²) in [6, 6.07) is 0. The number of hydrogen-bond donors (Lipinski definition) is 2. The summed E-state index contributed by atoms with van der Waals surface area (Å²) in [6.07, 6.45) is 11.2. The summed E-state index contributed by atoms with van der Waals surface area (Å²) in [6.45, 7) is 2.22. The highest BCUT2D eigenvalue weighted by Crippen LogP contribution is 2.09. The fourth-order valence-corrected chi connectivity index (χ4v) is 1.58. The molecular formula is C12H28N2O2. The Hall–Kier alpha value is -0.610. The van der Waals surface area contributed by atoms with Crippen molar-refractivity contribution >= 4 is 5.97 Å². The Balaban J connectivity index is 0. The first-order valence-electron chi connectivity index (χ1n) is 6.38. The van der Waals surface area contributed by atoms with E-state index < -0.39 is 5.97 Å². The predicted octanol–water partition coefficient (Wildman–Crippen LogP) is 0.759. The zero-order valence-electron chi connectivity index (χ0n) is 10.7. The zero-order valence-corrected chi connectivity index (χ0v) is 10.7. The van der Waals surface area contributed by atoms with Gasteiger partial charge in [0.1, 0.15) is 0 Å². The first-order valence-corrected chi connectivity index (χ1v) is 6.38. The second-order valence-corrected chi connectivity index (χ2v) is 3.95. The van der Waals surface area contributed by atoms with Gasteiger partial charge >= 0.3 is 0 Å². The van der Waals surface area contributed by atoms with Crippen LogP contribution in [0.4, 0.5) is 0 Å². The van der Waals surface area contributed by atoms with Crippen LogP contribution in [0, 0.1) is 0 Å². The van der Waals surface area contributed by atoms with Gasteiger partial charge in [0.2, 0.25) is 0 Å². The molecule has 0 radical (unpaired) electrons. The van der Waals surface area contributed by atoms with Gasteiger partial charge in [-0.1, -0.05) is 58.3 Å². The van der Waals surface area contributed by atoms with Crippen molar-refractivity contribution in [3.05, 3.63) is 0 Å². The molecule has 0 bridgehead atoms. The molecule has 0 heterocycles. The summed E-state index contributed by atoms with van der Waals surface area (Å²) in [4.78, 5) is 10.1. The molecule has 0 amide bonds. The third-order valence-electron chi connectivity index (χ3n) is 2.48. The minimum atomic E-state index is -0.909. The summed E-state index contributed by atoms with van der Waals surface area (Å²) in [5.74, 6) is 6.09. The van der Waals surface area contributed by atoms with E-state index in [1.165, 1.54) is 44.9 Å². The Morgan fingerprint density at radius 3 is 1.69 bits per heavy atom. The highest BCUT2D eigenvalue weighted by molar-refractivity contribution is 5.63. The maximum Gasteiger partial charge on any atom is 0.0414 e. The Kier molecular flexibility index (Phi) is 18.7. The molecule has 0 spiro atoms. The molecule has 0 aliphatic carbocycles. The van der Waals surface area contributed by atoms with Gasteiger partial charge < -0.3 is 9.90 Å². The fraction of sp³-hybridized carbons (Fsp3) is 0.917. The number of unbranched alkanes of at least 4 members (excludes halogenated alkanes) is 8. The van der Waals surface area contributed by atoms with E-state index in [9.17, 15) is 9.90 Å². The topological polar surface area (TPSA) is 93.8 Å². The number of aliphatic carboxylic acids is 1. The number of carbonyl (C=O) groups is 1. The van der Waals surface area contributed by atoms with Crippen molar-refractivity contribution in [1.29, 1.82) is 0 Å². The van der Waals surface area contributed by atoms with Gasteiger partial charge in [-0.3, -0.25) is 5.84 Å². The van der Waals surface area contributed by atoms with E-state index in [1.54, 1.807) is 0 Å². The second-order valence-electron chi connectivity index (χ2n) is 3.95. The molecule has 0 saturated carbocycles. The molecule has 4 nitrogen and oxygen atoms in total. The lowest BCUT2D eigenvalue weighted by atomic mass is 10.1. The molecule has 0 aliphatic heterocycles. The summed E-state index contributed by atoms with van der Waals surface area (Å²) >= 11 is 0. The monoisotopic (exact) mass is 232 g/mol.